The zero-order valence-electron chi connectivity index (χ0n) is 10.1. The van der Waals surface area contributed by atoms with Gasteiger partial charge in [0.2, 0.25) is 0 Å². The van der Waals surface area contributed by atoms with E-state index in [1.165, 1.54) is 0 Å². The summed E-state index contributed by atoms with van der Waals surface area (Å²) in [4.78, 5) is 0. The molecule has 1 aromatic carbocycles. The third-order valence-electron chi connectivity index (χ3n) is 2.72. The van der Waals surface area contributed by atoms with E-state index in [0.29, 0.717) is 22.9 Å². The molecule has 6 heteroatoms. The van der Waals surface area contributed by atoms with Gasteiger partial charge in [-0.2, -0.15) is 0 Å². The monoisotopic (exact) mass is 289 g/mol. The van der Waals surface area contributed by atoms with Crippen LogP contribution in [0.15, 0.2) is 12.1 Å². The van der Waals surface area contributed by atoms with Crippen molar-refractivity contribution in [2.75, 3.05) is 12.4 Å². The Bertz CT molecular complexity index is 555. The second-order valence-corrected chi connectivity index (χ2v) is 7.23. The summed E-state index contributed by atoms with van der Waals surface area (Å²) in [5.74, 6) is 0.568. The molecule has 1 unspecified atom stereocenters. The Labute approximate surface area is 112 Å². The number of ether oxygens (including phenoxy) is 1. The van der Waals surface area contributed by atoms with Crippen LogP contribution in [0.25, 0.3) is 0 Å². The maximum Gasteiger partial charge on any atom is 0.156 e. The van der Waals surface area contributed by atoms with Crippen LogP contribution in [-0.4, -0.2) is 26.8 Å². The molecule has 0 saturated carbocycles. The third-order valence-corrected chi connectivity index (χ3v) is 4.72. The molecular weight excluding hydrogens is 274 g/mol. The van der Waals surface area contributed by atoms with E-state index in [2.05, 4.69) is 0 Å². The average Bonchev–Trinajstić information content (AvgIpc) is 2.61. The van der Waals surface area contributed by atoms with Gasteiger partial charge in [-0.25, -0.2) is 8.42 Å². The van der Waals surface area contributed by atoms with Crippen LogP contribution in [0.1, 0.15) is 18.1 Å². The van der Waals surface area contributed by atoms with Gasteiger partial charge in [0, 0.05) is 23.0 Å². The first-order chi connectivity index (χ1) is 8.37. The molecule has 1 aliphatic rings. The van der Waals surface area contributed by atoms with E-state index in [0.717, 1.165) is 12.0 Å². The number of nitrogens with two attached hydrogens (primary N) is 1. The number of rotatable bonds is 4. The van der Waals surface area contributed by atoms with Gasteiger partial charge in [0.1, 0.15) is 5.75 Å². The summed E-state index contributed by atoms with van der Waals surface area (Å²) in [6.07, 6.45) is 0.774. The van der Waals surface area contributed by atoms with E-state index >= 15 is 0 Å². The van der Waals surface area contributed by atoms with Crippen molar-refractivity contribution in [3.63, 3.8) is 0 Å². The molecule has 18 heavy (non-hydrogen) atoms. The van der Waals surface area contributed by atoms with Crippen molar-refractivity contribution in [1.29, 1.82) is 0 Å². The Morgan fingerprint density at radius 3 is 2.89 bits per heavy atom. The number of fused-ring (bicyclic) bond motifs is 1. The fourth-order valence-corrected chi connectivity index (χ4v) is 4.02. The van der Waals surface area contributed by atoms with Gasteiger partial charge in [0.25, 0.3) is 0 Å². The minimum Gasteiger partial charge on any atom is -0.493 e. The van der Waals surface area contributed by atoms with Gasteiger partial charge in [-0.1, -0.05) is 11.6 Å². The number of halogens is 1. The molecule has 0 spiro atoms. The van der Waals surface area contributed by atoms with E-state index in [-0.39, 0.29) is 17.5 Å². The fourth-order valence-electron chi connectivity index (χ4n) is 2.15. The molecule has 1 aromatic rings. The standard InChI is InChI=1S/C12H16ClNO3S/c1-8(14)6-18(15,16)7-10-5-11(13)4-9-2-3-17-12(9)10/h4-5,8H,2-3,6-7,14H2,1H3. The minimum atomic E-state index is -3.24. The summed E-state index contributed by atoms with van der Waals surface area (Å²) in [5.41, 5.74) is 7.15. The van der Waals surface area contributed by atoms with Crippen LogP contribution in [0.5, 0.6) is 5.75 Å². The average molecular weight is 290 g/mol. The van der Waals surface area contributed by atoms with Crippen LogP contribution in [0.2, 0.25) is 5.02 Å². The number of benzene rings is 1. The predicted octanol–water partition coefficient (Wildman–Crippen LogP) is 1.54. The molecule has 1 atom stereocenters. The van der Waals surface area contributed by atoms with E-state index < -0.39 is 9.84 Å². The number of hydrogen-bond acceptors (Lipinski definition) is 4. The summed E-state index contributed by atoms with van der Waals surface area (Å²) in [6, 6.07) is 3.11. The summed E-state index contributed by atoms with van der Waals surface area (Å²) in [7, 11) is -3.24. The Balaban J connectivity index is 2.30. The molecule has 2 rings (SSSR count). The van der Waals surface area contributed by atoms with E-state index in [4.69, 9.17) is 22.1 Å². The van der Waals surface area contributed by atoms with Crippen molar-refractivity contribution >= 4 is 21.4 Å². The summed E-state index contributed by atoms with van der Waals surface area (Å²) in [6.45, 7) is 2.26. The largest absolute Gasteiger partial charge is 0.493 e. The molecule has 0 amide bonds. The fraction of sp³-hybridized carbons (Fsp3) is 0.500. The molecule has 1 heterocycles. The molecular formula is C12H16ClNO3S. The van der Waals surface area contributed by atoms with Crippen LogP contribution in [0.3, 0.4) is 0 Å². The lowest BCUT2D eigenvalue weighted by molar-refractivity contribution is 0.354. The van der Waals surface area contributed by atoms with Gasteiger partial charge in [-0.05, 0) is 24.6 Å². The summed E-state index contributed by atoms with van der Waals surface area (Å²) in [5, 5.41) is 0.547. The van der Waals surface area contributed by atoms with Crippen molar-refractivity contribution in [2.24, 2.45) is 5.73 Å². The van der Waals surface area contributed by atoms with Crippen LogP contribution in [0, 0.1) is 0 Å². The van der Waals surface area contributed by atoms with Gasteiger partial charge in [0.05, 0.1) is 18.1 Å². The highest BCUT2D eigenvalue weighted by Crippen LogP contribution is 2.33. The molecule has 0 fully saturated rings. The van der Waals surface area contributed by atoms with E-state index in [1.54, 1.807) is 13.0 Å². The zero-order valence-corrected chi connectivity index (χ0v) is 11.7. The molecule has 0 aliphatic carbocycles. The molecule has 0 bridgehead atoms. The number of hydrogen-bond donors (Lipinski definition) is 1. The molecule has 4 nitrogen and oxygen atoms in total. The van der Waals surface area contributed by atoms with Crippen LogP contribution >= 0.6 is 11.6 Å². The predicted molar refractivity (Wildman–Crippen MR) is 71.8 cm³/mol. The number of sulfone groups is 1. The highest BCUT2D eigenvalue weighted by Gasteiger charge is 2.22. The van der Waals surface area contributed by atoms with Gasteiger partial charge < -0.3 is 10.5 Å². The molecule has 0 radical (unpaired) electrons. The first-order valence-electron chi connectivity index (χ1n) is 5.77. The van der Waals surface area contributed by atoms with Crippen molar-refractivity contribution in [2.45, 2.75) is 25.1 Å². The Kier molecular flexibility index (Phi) is 3.84. The zero-order chi connectivity index (χ0) is 13.3. The SMILES string of the molecule is CC(N)CS(=O)(=O)Cc1cc(Cl)cc2c1OCC2. The topological polar surface area (TPSA) is 69.4 Å². The maximum absolute atomic E-state index is 11.9. The second-order valence-electron chi connectivity index (χ2n) is 4.68. The van der Waals surface area contributed by atoms with Crippen molar-refractivity contribution in [1.82, 2.24) is 0 Å². The lowest BCUT2D eigenvalue weighted by atomic mass is 10.1. The van der Waals surface area contributed by atoms with Crippen LogP contribution < -0.4 is 10.5 Å². The van der Waals surface area contributed by atoms with Gasteiger partial charge in [-0.15, -0.1) is 0 Å². The van der Waals surface area contributed by atoms with Crippen LogP contribution in [-0.2, 0) is 22.0 Å². The lowest BCUT2D eigenvalue weighted by Crippen LogP contribution is -2.27. The Morgan fingerprint density at radius 1 is 1.50 bits per heavy atom. The highest BCUT2D eigenvalue weighted by atomic mass is 35.5. The smallest absolute Gasteiger partial charge is 0.156 e. The van der Waals surface area contributed by atoms with E-state index in [9.17, 15) is 8.42 Å². The first kappa shape index (κ1) is 13.6. The molecule has 0 aromatic heterocycles. The maximum atomic E-state index is 11.9. The molecule has 0 saturated heterocycles. The summed E-state index contributed by atoms with van der Waals surface area (Å²) >= 11 is 5.99. The van der Waals surface area contributed by atoms with Gasteiger partial charge in [-0.3, -0.25) is 0 Å². The normalized spacial score (nSPS) is 16.2. The highest BCUT2D eigenvalue weighted by molar-refractivity contribution is 7.90. The van der Waals surface area contributed by atoms with Crippen molar-refractivity contribution < 1.29 is 13.2 Å². The second kappa shape index (κ2) is 5.07. The first-order valence-corrected chi connectivity index (χ1v) is 7.97. The Hall–Kier alpha value is -0.780. The van der Waals surface area contributed by atoms with Crippen molar-refractivity contribution in [3.8, 4) is 5.75 Å². The van der Waals surface area contributed by atoms with Crippen molar-refractivity contribution in [3.05, 3.63) is 28.3 Å². The van der Waals surface area contributed by atoms with E-state index in [1.807, 2.05) is 6.07 Å². The summed E-state index contributed by atoms with van der Waals surface area (Å²) < 4.78 is 29.4. The molecule has 1 aliphatic heterocycles. The minimum absolute atomic E-state index is 0.0334. The molecule has 2 N–H and O–H groups in total. The molecule has 100 valence electrons. The Morgan fingerprint density at radius 2 is 2.22 bits per heavy atom. The van der Waals surface area contributed by atoms with Gasteiger partial charge in [0.15, 0.2) is 9.84 Å². The van der Waals surface area contributed by atoms with Gasteiger partial charge >= 0.3 is 0 Å². The third kappa shape index (κ3) is 3.16. The van der Waals surface area contributed by atoms with Crippen LogP contribution in [0.4, 0.5) is 0 Å². The quantitative estimate of drug-likeness (QED) is 0.913. The lowest BCUT2D eigenvalue weighted by Gasteiger charge is -2.11.